The van der Waals surface area contributed by atoms with Crippen LogP contribution in [0.2, 0.25) is 0 Å². The van der Waals surface area contributed by atoms with Gasteiger partial charge in [-0.05, 0) is 18.4 Å². The predicted octanol–water partition coefficient (Wildman–Crippen LogP) is 1.50. The van der Waals surface area contributed by atoms with Gasteiger partial charge in [0.05, 0.1) is 16.7 Å². The Morgan fingerprint density at radius 3 is 2.80 bits per heavy atom. The lowest BCUT2D eigenvalue weighted by atomic mass is 10.1. The van der Waals surface area contributed by atoms with E-state index in [1.165, 1.54) is 4.90 Å². The molecule has 1 aromatic rings. The van der Waals surface area contributed by atoms with Gasteiger partial charge in [-0.25, -0.2) is 4.39 Å². The molecule has 0 aliphatic carbocycles. The van der Waals surface area contributed by atoms with Crippen LogP contribution in [0.15, 0.2) is 12.1 Å². The number of nitrogens with two attached hydrogens (primary N) is 1. The van der Waals surface area contributed by atoms with Crippen LogP contribution in [0.5, 0.6) is 0 Å². The van der Waals surface area contributed by atoms with Crippen molar-refractivity contribution in [1.82, 2.24) is 4.90 Å². The van der Waals surface area contributed by atoms with E-state index in [0.29, 0.717) is 25.1 Å². The zero-order valence-electron chi connectivity index (χ0n) is 10.9. The molecule has 1 aliphatic rings. The summed E-state index contributed by atoms with van der Waals surface area (Å²) < 4.78 is 13.5. The van der Waals surface area contributed by atoms with Gasteiger partial charge in [-0.2, -0.15) is 0 Å². The number of hydrazine groups is 1. The number of nitro groups is 1. The van der Waals surface area contributed by atoms with Crippen molar-refractivity contribution in [1.29, 1.82) is 0 Å². The molecule has 1 amide bonds. The molecular weight excluding hydrogens is 267 g/mol. The first-order valence-electron chi connectivity index (χ1n) is 6.18. The minimum Gasteiger partial charge on any atom is -0.338 e. The van der Waals surface area contributed by atoms with Crippen molar-refractivity contribution < 1.29 is 14.1 Å². The molecule has 1 atom stereocenters. The quantitative estimate of drug-likeness (QED) is 0.497. The van der Waals surface area contributed by atoms with Crippen molar-refractivity contribution in [2.24, 2.45) is 11.8 Å². The highest BCUT2D eigenvalue weighted by Crippen LogP contribution is 2.28. The summed E-state index contributed by atoms with van der Waals surface area (Å²) in [4.78, 5) is 24.1. The fraction of sp³-hybridized carbons (Fsp3) is 0.417. The number of hydrogen-bond acceptors (Lipinski definition) is 5. The van der Waals surface area contributed by atoms with Gasteiger partial charge in [-0.1, -0.05) is 6.92 Å². The van der Waals surface area contributed by atoms with Gasteiger partial charge in [-0.3, -0.25) is 20.8 Å². The summed E-state index contributed by atoms with van der Waals surface area (Å²) >= 11 is 0. The van der Waals surface area contributed by atoms with Gasteiger partial charge in [-0.15, -0.1) is 0 Å². The number of hydrogen-bond donors (Lipinski definition) is 2. The van der Waals surface area contributed by atoms with Crippen molar-refractivity contribution in [2.75, 3.05) is 18.5 Å². The maximum absolute atomic E-state index is 13.5. The number of halogens is 1. The predicted molar refractivity (Wildman–Crippen MR) is 70.5 cm³/mol. The zero-order valence-corrected chi connectivity index (χ0v) is 10.9. The van der Waals surface area contributed by atoms with Crippen molar-refractivity contribution in [2.45, 2.75) is 13.3 Å². The summed E-state index contributed by atoms with van der Waals surface area (Å²) in [5, 5.41) is 11.0. The van der Waals surface area contributed by atoms with E-state index >= 15 is 0 Å². The minimum absolute atomic E-state index is 0.147. The third-order valence-corrected chi connectivity index (χ3v) is 3.38. The van der Waals surface area contributed by atoms with Crippen LogP contribution in [0.1, 0.15) is 23.7 Å². The van der Waals surface area contributed by atoms with Gasteiger partial charge in [0.2, 0.25) is 0 Å². The molecule has 0 spiro atoms. The molecule has 0 aromatic heterocycles. The number of nitrogens with zero attached hydrogens (tertiary/aromatic N) is 2. The van der Waals surface area contributed by atoms with Crippen LogP contribution in [0.25, 0.3) is 0 Å². The Kier molecular flexibility index (Phi) is 3.84. The number of nitrogen functional groups attached to an aromatic ring is 1. The average Bonchev–Trinajstić information content (AvgIpc) is 2.84. The molecule has 20 heavy (non-hydrogen) atoms. The van der Waals surface area contributed by atoms with E-state index in [9.17, 15) is 19.3 Å². The molecule has 0 bridgehead atoms. The molecule has 8 heteroatoms. The maximum Gasteiger partial charge on any atom is 0.285 e. The Labute approximate surface area is 114 Å². The molecule has 108 valence electrons. The highest BCUT2D eigenvalue weighted by atomic mass is 19.1. The first-order valence-corrected chi connectivity index (χ1v) is 6.18. The second-order valence-corrected chi connectivity index (χ2v) is 4.90. The van der Waals surface area contributed by atoms with Crippen molar-refractivity contribution in [3.05, 3.63) is 33.6 Å². The van der Waals surface area contributed by atoms with Crippen LogP contribution in [0, 0.1) is 21.8 Å². The number of nitro benzene ring substituents is 1. The first-order chi connectivity index (χ1) is 9.43. The fourth-order valence-corrected chi connectivity index (χ4v) is 2.29. The third kappa shape index (κ3) is 2.55. The Balaban J connectivity index is 2.43. The number of amides is 1. The van der Waals surface area contributed by atoms with Crippen LogP contribution >= 0.6 is 0 Å². The zero-order chi connectivity index (χ0) is 14.9. The lowest BCUT2D eigenvalue weighted by Crippen LogP contribution is -2.29. The van der Waals surface area contributed by atoms with Crippen molar-refractivity contribution >= 4 is 17.3 Å². The average molecular weight is 282 g/mol. The highest BCUT2D eigenvalue weighted by Gasteiger charge is 2.30. The van der Waals surface area contributed by atoms with E-state index in [-0.39, 0.29) is 11.3 Å². The summed E-state index contributed by atoms with van der Waals surface area (Å²) in [6.07, 6.45) is 0.850. The van der Waals surface area contributed by atoms with Gasteiger partial charge in [0.15, 0.2) is 5.82 Å². The number of anilines is 1. The van der Waals surface area contributed by atoms with Crippen LogP contribution in [0.4, 0.5) is 15.8 Å². The van der Waals surface area contributed by atoms with Crippen molar-refractivity contribution in [3.8, 4) is 0 Å². The minimum atomic E-state index is -0.870. The molecular formula is C12H15FN4O3. The second-order valence-electron chi connectivity index (χ2n) is 4.90. The number of nitrogens with one attached hydrogen (secondary N) is 1. The molecule has 1 fully saturated rings. The lowest BCUT2D eigenvalue weighted by Gasteiger charge is -2.16. The number of carbonyl (C=O) groups excluding carboxylic acids is 1. The Morgan fingerprint density at radius 2 is 2.30 bits per heavy atom. The summed E-state index contributed by atoms with van der Waals surface area (Å²) in [7, 11) is 0. The third-order valence-electron chi connectivity index (χ3n) is 3.38. The Morgan fingerprint density at radius 1 is 1.60 bits per heavy atom. The van der Waals surface area contributed by atoms with Crippen LogP contribution in [-0.4, -0.2) is 28.8 Å². The fourth-order valence-electron chi connectivity index (χ4n) is 2.29. The smallest absolute Gasteiger partial charge is 0.285 e. The normalized spacial score (nSPS) is 18.1. The van der Waals surface area contributed by atoms with E-state index in [4.69, 9.17) is 5.84 Å². The largest absolute Gasteiger partial charge is 0.338 e. The molecule has 1 heterocycles. The molecule has 1 aromatic carbocycles. The van der Waals surface area contributed by atoms with Gasteiger partial charge in [0.25, 0.3) is 11.6 Å². The number of likely N-dealkylation sites (tertiary alicyclic amines) is 1. The molecule has 3 N–H and O–H groups in total. The highest BCUT2D eigenvalue weighted by molar-refractivity contribution is 5.99. The van der Waals surface area contributed by atoms with Gasteiger partial charge in [0.1, 0.15) is 5.56 Å². The number of rotatable bonds is 3. The number of benzene rings is 1. The van der Waals surface area contributed by atoms with Crippen molar-refractivity contribution in [3.63, 3.8) is 0 Å². The molecule has 0 radical (unpaired) electrons. The molecule has 1 aliphatic heterocycles. The summed E-state index contributed by atoms with van der Waals surface area (Å²) in [5.74, 6) is 4.14. The van der Waals surface area contributed by atoms with Gasteiger partial charge >= 0.3 is 0 Å². The van der Waals surface area contributed by atoms with E-state index in [1.54, 1.807) is 0 Å². The van der Waals surface area contributed by atoms with Crippen LogP contribution < -0.4 is 11.3 Å². The standard InChI is InChI=1S/C12H15FN4O3/c1-7-2-3-16(6-7)12(18)8-4-10(15-14)9(13)5-11(8)17(19)20/h4-5,7,15H,2-3,6,14H2,1H3. The first kappa shape index (κ1) is 14.2. The topological polar surface area (TPSA) is 102 Å². The van der Waals surface area contributed by atoms with Crippen LogP contribution in [0.3, 0.4) is 0 Å². The summed E-state index contributed by atoms with van der Waals surface area (Å²) in [5.41, 5.74) is 1.24. The summed E-state index contributed by atoms with van der Waals surface area (Å²) in [6, 6.07) is 1.79. The molecule has 7 nitrogen and oxygen atoms in total. The molecule has 1 unspecified atom stereocenters. The van der Waals surface area contributed by atoms with Crippen LogP contribution in [-0.2, 0) is 0 Å². The Hall–Kier alpha value is -2.22. The molecule has 0 saturated carbocycles. The molecule has 1 saturated heterocycles. The van der Waals surface area contributed by atoms with E-state index in [2.05, 4.69) is 5.43 Å². The summed E-state index contributed by atoms with van der Waals surface area (Å²) in [6.45, 7) is 3.08. The SMILES string of the molecule is CC1CCN(C(=O)c2cc(NN)c(F)cc2[N+](=O)[O-])C1. The lowest BCUT2D eigenvalue weighted by molar-refractivity contribution is -0.385. The van der Waals surface area contributed by atoms with Gasteiger partial charge < -0.3 is 10.3 Å². The van der Waals surface area contributed by atoms with E-state index < -0.39 is 22.3 Å². The van der Waals surface area contributed by atoms with E-state index in [1.807, 2.05) is 6.92 Å². The molecule has 2 rings (SSSR count). The monoisotopic (exact) mass is 282 g/mol. The van der Waals surface area contributed by atoms with E-state index in [0.717, 1.165) is 12.5 Å². The van der Waals surface area contributed by atoms with Gasteiger partial charge in [0, 0.05) is 13.1 Å². The number of carbonyl (C=O) groups is 1. The second kappa shape index (κ2) is 5.41. The maximum atomic E-state index is 13.5. The Bertz CT molecular complexity index is 564.